The SMILES string of the molecule is CC(C)(C)C(C(=O)O)C(=O)Nc1ccc(F)cn1. The molecule has 0 radical (unpaired) electrons. The number of carboxylic acid groups (broad SMARTS) is 1. The molecule has 0 bridgehead atoms. The first-order valence-electron chi connectivity index (χ1n) is 5.37. The number of hydrogen-bond donors (Lipinski definition) is 2. The van der Waals surface area contributed by atoms with Crippen LogP contribution < -0.4 is 5.32 Å². The molecule has 0 aliphatic carbocycles. The molecule has 1 unspecified atom stereocenters. The summed E-state index contributed by atoms with van der Waals surface area (Å²) in [5.74, 6) is -3.49. The largest absolute Gasteiger partial charge is 0.481 e. The monoisotopic (exact) mass is 254 g/mol. The van der Waals surface area contributed by atoms with E-state index in [1.165, 1.54) is 6.07 Å². The molecule has 0 aliphatic rings. The van der Waals surface area contributed by atoms with Crippen LogP contribution in [0.4, 0.5) is 10.2 Å². The highest BCUT2D eigenvalue weighted by atomic mass is 19.1. The van der Waals surface area contributed by atoms with Gasteiger partial charge in [0.25, 0.3) is 0 Å². The highest BCUT2D eigenvalue weighted by Gasteiger charge is 2.37. The highest BCUT2D eigenvalue weighted by molar-refractivity contribution is 6.04. The van der Waals surface area contributed by atoms with E-state index in [9.17, 15) is 14.0 Å². The number of carbonyl (C=O) groups excluding carboxylic acids is 1. The van der Waals surface area contributed by atoms with E-state index in [1.54, 1.807) is 20.8 Å². The first kappa shape index (κ1) is 14.1. The number of aromatic nitrogens is 1. The minimum atomic E-state index is -1.21. The van der Waals surface area contributed by atoms with E-state index in [4.69, 9.17) is 5.11 Å². The van der Waals surface area contributed by atoms with E-state index in [1.807, 2.05) is 0 Å². The number of rotatable bonds is 3. The van der Waals surface area contributed by atoms with Crippen LogP contribution >= 0.6 is 0 Å². The summed E-state index contributed by atoms with van der Waals surface area (Å²) < 4.78 is 12.6. The summed E-state index contributed by atoms with van der Waals surface area (Å²) in [4.78, 5) is 26.6. The molecule has 0 fully saturated rings. The van der Waals surface area contributed by atoms with Crippen LogP contribution in [-0.4, -0.2) is 22.0 Å². The van der Waals surface area contributed by atoms with Gasteiger partial charge in [0.15, 0.2) is 0 Å². The Morgan fingerprint density at radius 1 is 1.39 bits per heavy atom. The molecule has 1 aromatic rings. The van der Waals surface area contributed by atoms with Crippen LogP contribution in [0.3, 0.4) is 0 Å². The fraction of sp³-hybridized carbons (Fsp3) is 0.417. The third kappa shape index (κ3) is 3.51. The number of aliphatic carboxylic acids is 1. The number of carboxylic acids is 1. The number of pyridine rings is 1. The second-order valence-corrected chi connectivity index (χ2v) is 4.99. The summed E-state index contributed by atoms with van der Waals surface area (Å²) in [5.41, 5.74) is -0.726. The minimum Gasteiger partial charge on any atom is -0.481 e. The fourth-order valence-electron chi connectivity index (χ4n) is 1.52. The van der Waals surface area contributed by atoms with Crippen LogP contribution in [0.15, 0.2) is 18.3 Å². The molecule has 98 valence electrons. The van der Waals surface area contributed by atoms with Crippen LogP contribution in [0.25, 0.3) is 0 Å². The van der Waals surface area contributed by atoms with Gasteiger partial charge in [-0.15, -0.1) is 0 Å². The van der Waals surface area contributed by atoms with Gasteiger partial charge < -0.3 is 10.4 Å². The number of halogens is 1. The summed E-state index contributed by atoms with van der Waals surface area (Å²) in [7, 11) is 0. The second-order valence-electron chi connectivity index (χ2n) is 4.99. The average Bonchev–Trinajstić information content (AvgIpc) is 2.18. The van der Waals surface area contributed by atoms with E-state index >= 15 is 0 Å². The Morgan fingerprint density at radius 3 is 2.39 bits per heavy atom. The Balaban J connectivity index is 2.86. The maximum absolute atomic E-state index is 12.6. The number of anilines is 1. The van der Waals surface area contributed by atoms with E-state index in [0.717, 1.165) is 12.3 Å². The lowest BCUT2D eigenvalue weighted by atomic mass is 9.80. The molecule has 0 aliphatic heterocycles. The Kier molecular flexibility index (Phi) is 4.00. The highest BCUT2D eigenvalue weighted by Crippen LogP contribution is 2.27. The van der Waals surface area contributed by atoms with Crippen LogP contribution in [0.5, 0.6) is 0 Å². The lowest BCUT2D eigenvalue weighted by molar-refractivity contribution is -0.149. The molecule has 0 saturated carbocycles. The number of amides is 1. The van der Waals surface area contributed by atoms with Gasteiger partial charge in [-0.05, 0) is 17.5 Å². The first-order chi connectivity index (χ1) is 8.21. The Hall–Kier alpha value is -1.98. The molecule has 0 aromatic carbocycles. The molecule has 1 aromatic heterocycles. The van der Waals surface area contributed by atoms with Crippen molar-refractivity contribution >= 4 is 17.7 Å². The summed E-state index contributed by atoms with van der Waals surface area (Å²) in [6.07, 6.45) is 0.947. The molecule has 6 heteroatoms. The Bertz CT molecular complexity index is 451. The zero-order chi connectivity index (χ0) is 13.9. The molecule has 0 saturated heterocycles. The topological polar surface area (TPSA) is 79.3 Å². The smallest absolute Gasteiger partial charge is 0.316 e. The van der Waals surface area contributed by atoms with Crippen molar-refractivity contribution in [3.63, 3.8) is 0 Å². The molecule has 0 spiro atoms. The maximum atomic E-state index is 12.6. The van der Waals surface area contributed by atoms with Gasteiger partial charge in [0.05, 0.1) is 6.20 Å². The summed E-state index contributed by atoms with van der Waals surface area (Å²) in [6.45, 7) is 4.97. The van der Waals surface area contributed by atoms with Gasteiger partial charge in [-0.25, -0.2) is 9.37 Å². The molecular weight excluding hydrogens is 239 g/mol. The quantitative estimate of drug-likeness (QED) is 0.807. The Morgan fingerprint density at radius 2 is 2.00 bits per heavy atom. The van der Waals surface area contributed by atoms with Gasteiger partial charge >= 0.3 is 5.97 Å². The van der Waals surface area contributed by atoms with Crippen molar-refractivity contribution in [2.24, 2.45) is 11.3 Å². The standard InChI is InChI=1S/C12H15FN2O3/c1-12(2,3)9(11(17)18)10(16)15-8-5-4-7(13)6-14-8/h4-6,9H,1-3H3,(H,17,18)(H,14,15,16). The van der Waals surface area contributed by atoms with Crippen molar-refractivity contribution in [3.8, 4) is 0 Å². The van der Waals surface area contributed by atoms with Crippen LogP contribution in [-0.2, 0) is 9.59 Å². The number of hydrogen-bond acceptors (Lipinski definition) is 3. The third-order valence-electron chi connectivity index (χ3n) is 2.35. The van der Waals surface area contributed by atoms with Crippen LogP contribution in [0.2, 0.25) is 0 Å². The van der Waals surface area contributed by atoms with Gasteiger partial charge in [0.2, 0.25) is 5.91 Å². The van der Waals surface area contributed by atoms with E-state index in [2.05, 4.69) is 10.3 Å². The van der Waals surface area contributed by atoms with Crippen molar-refractivity contribution in [1.82, 2.24) is 4.98 Å². The molecule has 1 rings (SSSR count). The van der Waals surface area contributed by atoms with Crippen molar-refractivity contribution in [2.45, 2.75) is 20.8 Å². The molecule has 1 heterocycles. The van der Waals surface area contributed by atoms with Crippen molar-refractivity contribution in [2.75, 3.05) is 5.32 Å². The normalized spacial score (nSPS) is 12.9. The predicted molar refractivity (Wildman–Crippen MR) is 63.4 cm³/mol. The average molecular weight is 254 g/mol. The van der Waals surface area contributed by atoms with Crippen molar-refractivity contribution in [1.29, 1.82) is 0 Å². The van der Waals surface area contributed by atoms with Gasteiger partial charge in [-0.3, -0.25) is 9.59 Å². The fourth-order valence-corrected chi connectivity index (χ4v) is 1.52. The molecule has 2 N–H and O–H groups in total. The van der Waals surface area contributed by atoms with Crippen molar-refractivity contribution in [3.05, 3.63) is 24.1 Å². The van der Waals surface area contributed by atoms with Crippen LogP contribution in [0.1, 0.15) is 20.8 Å². The molecule has 18 heavy (non-hydrogen) atoms. The minimum absolute atomic E-state index is 0.122. The maximum Gasteiger partial charge on any atom is 0.316 e. The van der Waals surface area contributed by atoms with Gasteiger partial charge in [-0.2, -0.15) is 0 Å². The molecule has 1 atom stereocenters. The lowest BCUT2D eigenvalue weighted by Crippen LogP contribution is -2.39. The van der Waals surface area contributed by atoms with Gasteiger partial charge in [-0.1, -0.05) is 20.8 Å². The van der Waals surface area contributed by atoms with E-state index in [-0.39, 0.29) is 5.82 Å². The summed E-state index contributed by atoms with van der Waals surface area (Å²) >= 11 is 0. The zero-order valence-corrected chi connectivity index (χ0v) is 10.4. The molecule has 1 amide bonds. The number of nitrogens with zero attached hydrogens (tertiary/aromatic N) is 1. The van der Waals surface area contributed by atoms with Crippen molar-refractivity contribution < 1.29 is 19.1 Å². The molecular formula is C12H15FN2O3. The third-order valence-corrected chi connectivity index (χ3v) is 2.35. The second kappa shape index (κ2) is 5.12. The Labute approximate surface area is 104 Å². The lowest BCUT2D eigenvalue weighted by Gasteiger charge is -2.25. The van der Waals surface area contributed by atoms with E-state index < -0.39 is 29.0 Å². The number of nitrogens with one attached hydrogen (secondary N) is 1. The van der Waals surface area contributed by atoms with Gasteiger partial charge in [0, 0.05) is 0 Å². The summed E-state index contributed by atoms with van der Waals surface area (Å²) in [6, 6.07) is 2.41. The van der Waals surface area contributed by atoms with Crippen LogP contribution in [0, 0.1) is 17.2 Å². The molecule has 5 nitrogen and oxygen atoms in total. The summed E-state index contributed by atoms with van der Waals surface area (Å²) in [5, 5.41) is 11.4. The first-order valence-corrected chi connectivity index (χ1v) is 5.37. The van der Waals surface area contributed by atoms with Gasteiger partial charge in [0.1, 0.15) is 17.6 Å². The number of carbonyl (C=O) groups is 2. The van der Waals surface area contributed by atoms with E-state index in [0.29, 0.717) is 0 Å². The predicted octanol–water partition coefficient (Wildman–Crippen LogP) is 1.91. The zero-order valence-electron chi connectivity index (χ0n) is 10.4.